The normalized spacial score (nSPS) is 13.3. The molecular formula is C39H40O5. The Balaban J connectivity index is 1.81. The number of carbonyl (C=O) groups excluding carboxylic acids is 2. The first-order valence-electron chi connectivity index (χ1n) is 14.9. The van der Waals surface area contributed by atoms with Gasteiger partial charge in [0.15, 0.2) is 12.2 Å². The number of methoxy groups -OCH3 is 1. The van der Waals surface area contributed by atoms with Gasteiger partial charge >= 0.3 is 11.9 Å². The van der Waals surface area contributed by atoms with Crippen molar-refractivity contribution in [3.05, 3.63) is 125 Å². The Bertz CT molecular complexity index is 1820. The molecule has 0 bridgehead atoms. The van der Waals surface area contributed by atoms with Crippen LogP contribution in [-0.2, 0) is 19.1 Å². The fourth-order valence-electron chi connectivity index (χ4n) is 5.33. The van der Waals surface area contributed by atoms with Gasteiger partial charge in [0.25, 0.3) is 0 Å². The summed E-state index contributed by atoms with van der Waals surface area (Å²) in [6.45, 7) is 11.0. The van der Waals surface area contributed by atoms with Gasteiger partial charge in [-0.1, -0.05) is 97.1 Å². The SMILES string of the molecule is COc1ccc2ccccc2c1C(OC(=O)C(C)(C)C)c1ccccc1C(OC(=O)C(C)(C)C)c1cccc2ccccc12. The number of ether oxygens (including phenoxy) is 3. The maximum absolute atomic E-state index is 13.6. The molecule has 0 saturated heterocycles. The molecule has 0 aromatic heterocycles. The van der Waals surface area contributed by atoms with Crippen molar-refractivity contribution in [2.75, 3.05) is 7.11 Å². The molecule has 0 saturated carbocycles. The summed E-state index contributed by atoms with van der Waals surface area (Å²) in [5.41, 5.74) is 1.50. The molecule has 226 valence electrons. The molecule has 0 aliphatic carbocycles. The Hall–Kier alpha value is -4.64. The van der Waals surface area contributed by atoms with E-state index in [0.717, 1.165) is 38.2 Å². The number of fused-ring (bicyclic) bond motifs is 2. The topological polar surface area (TPSA) is 61.8 Å². The highest BCUT2D eigenvalue weighted by Gasteiger charge is 2.35. The van der Waals surface area contributed by atoms with E-state index in [2.05, 4.69) is 0 Å². The number of esters is 2. The summed E-state index contributed by atoms with van der Waals surface area (Å²) in [5, 5.41) is 3.90. The van der Waals surface area contributed by atoms with Crippen LogP contribution >= 0.6 is 0 Å². The van der Waals surface area contributed by atoms with Crippen molar-refractivity contribution in [2.24, 2.45) is 10.8 Å². The second-order valence-electron chi connectivity index (χ2n) is 13.2. The van der Waals surface area contributed by atoms with E-state index >= 15 is 0 Å². The lowest BCUT2D eigenvalue weighted by Crippen LogP contribution is -2.28. The molecule has 0 aliphatic heterocycles. The average Bonchev–Trinajstić information content (AvgIpc) is 3.00. The molecule has 5 rings (SSSR count). The molecular weight excluding hydrogens is 548 g/mol. The summed E-state index contributed by atoms with van der Waals surface area (Å²) in [5.74, 6) is -0.101. The molecule has 0 aliphatic rings. The first kappa shape index (κ1) is 30.8. The van der Waals surface area contributed by atoms with Crippen LogP contribution < -0.4 is 4.74 Å². The number of hydrogen-bond acceptors (Lipinski definition) is 5. The van der Waals surface area contributed by atoms with Crippen molar-refractivity contribution in [2.45, 2.75) is 53.8 Å². The molecule has 5 nitrogen and oxygen atoms in total. The molecule has 2 atom stereocenters. The smallest absolute Gasteiger partial charge is 0.312 e. The molecule has 0 spiro atoms. The quantitative estimate of drug-likeness (QED) is 0.177. The average molecular weight is 589 g/mol. The van der Waals surface area contributed by atoms with E-state index in [0.29, 0.717) is 11.3 Å². The van der Waals surface area contributed by atoms with Crippen LogP contribution in [0.5, 0.6) is 5.75 Å². The standard InChI is InChI=1S/C39H40O5/c1-38(2,3)36(40)43-34(29-22-14-17-25-15-8-10-18-27(25)29)30-20-12-13-21-31(30)35(44-37(41)39(4,5)6)33-28-19-11-9-16-26(28)23-24-32(33)42-7/h8-24,34-35H,1-7H3. The van der Waals surface area contributed by atoms with E-state index < -0.39 is 23.0 Å². The molecule has 5 heteroatoms. The zero-order valence-corrected chi connectivity index (χ0v) is 26.5. The van der Waals surface area contributed by atoms with Gasteiger partial charge in [0.05, 0.1) is 17.9 Å². The Morgan fingerprint density at radius 3 is 1.57 bits per heavy atom. The van der Waals surface area contributed by atoms with Crippen LogP contribution in [0, 0.1) is 10.8 Å². The highest BCUT2D eigenvalue weighted by Crippen LogP contribution is 2.44. The Kier molecular flexibility index (Phi) is 8.51. The van der Waals surface area contributed by atoms with E-state index in [4.69, 9.17) is 14.2 Å². The predicted octanol–water partition coefficient (Wildman–Crippen LogP) is 9.36. The van der Waals surface area contributed by atoms with E-state index in [1.54, 1.807) is 7.11 Å². The summed E-state index contributed by atoms with van der Waals surface area (Å²) in [6.07, 6.45) is -1.63. The first-order chi connectivity index (χ1) is 20.9. The molecule has 0 N–H and O–H groups in total. The molecule has 0 fully saturated rings. The van der Waals surface area contributed by atoms with Crippen molar-refractivity contribution in [1.29, 1.82) is 0 Å². The molecule has 2 unspecified atom stereocenters. The minimum atomic E-state index is -0.857. The lowest BCUT2D eigenvalue weighted by Gasteiger charge is -2.31. The van der Waals surface area contributed by atoms with Crippen molar-refractivity contribution >= 4 is 33.5 Å². The maximum Gasteiger partial charge on any atom is 0.312 e. The van der Waals surface area contributed by atoms with E-state index in [-0.39, 0.29) is 11.9 Å². The zero-order chi connectivity index (χ0) is 31.6. The third kappa shape index (κ3) is 6.19. The monoisotopic (exact) mass is 588 g/mol. The van der Waals surface area contributed by atoms with Gasteiger partial charge in [-0.3, -0.25) is 9.59 Å². The van der Waals surface area contributed by atoms with E-state index in [9.17, 15) is 9.59 Å². The molecule has 0 heterocycles. The summed E-state index contributed by atoms with van der Waals surface area (Å²) < 4.78 is 18.8. The summed E-state index contributed by atoms with van der Waals surface area (Å²) in [6, 6.07) is 33.7. The maximum atomic E-state index is 13.6. The highest BCUT2D eigenvalue weighted by molar-refractivity contribution is 5.90. The van der Waals surface area contributed by atoms with Gasteiger partial charge in [-0.15, -0.1) is 0 Å². The van der Waals surface area contributed by atoms with Crippen molar-refractivity contribution in [3.8, 4) is 5.75 Å². The Morgan fingerprint density at radius 1 is 0.523 bits per heavy atom. The van der Waals surface area contributed by atoms with Crippen LogP contribution in [0.4, 0.5) is 0 Å². The van der Waals surface area contributed by atoms with Gasteiger partial charge in [-0.2, -0.15) is 0 Å². The van der Waals surface area contributed by atoms with Crippen LogP contribution in [0.2, 0.25) is 0 Å². The Morgan fingerprint density at radius 2 is 0.977 bits per heavy atom. The second kappa shape index (κ2) is 12.2. The number of carbonyl (C=O) groups is 2. The first-order valence-corrected chi connectivity index (χ1v) is 14.9. The van der Waals surface area contributed by atoms with Gasteiger partial charge in [-0.05, 0) is 69.2 Å². The molecule has 44 heavy (non-hydrogen) atoms. The van der Waals surface area contributed by atoms with Crippen LogP contribution in [0.15, 0.2) is 103 Å². The molecule has 5 aromatic carbocycles. The second-order valence-corrected chi connectivity index (χ2v) is 13.2. The minimum absolute atomic E-state index is 0.337. The minimum Gasteiger partial charge on any atom is -0.496 e. The number of rotatable bonds is 7. The van der Waals surface area contributed by atoms with E-state index in [1.165, 1.54) is 0 Å². The van der Waals surface area contributed by atoms with Gasteiger partial charge in [0.1, 0.15) is 5.75 Å². The van der Waals surface area contributed by atoms with Crippen LogP contribution in [0.1, 0.15) is 76.0 Å². The number of hydrogen-bond donors (Lipinski definition) is 0. The van der Waals surface area contributed by atoms with E-state index in [1.807, 2.05) is 145 Å². The van der Waals surface area contributed by atoms with Gasteiger partial charge in [0.2, 0.25) is 0 Å². The molecule has 0 radical (unpaired) electrons. The van der Waals surface area contributed by atoms with Crippen molar-refractivity contribution in [3.63, 3.8) is 0 Å². The van der Waals surface area contributed by atoms with Crippen LogP contribution in [0.3, 0.4) is 0 Å². The van der Waals surface area contributed by atoms with Gasteiger partial charge < -0.3 is 14.2 Å². The highest BCUT2D eigenvalue weighted by atomic mass is 16.6. The predicted molar refractivity (Wildman–Crippen MR) is 176 cm³/mol. The fraction of sp³-hybridized carbons (Fsp3) is 0.282. The number of benzene rings is 5. The summed E-state index contributed by atoms with van der Waals surface area (Å²) in [4.78, 5) is 27.2. The lowest BCUT2D eigenvalue weighted by atomic mass is 9.87. The summed E-state index contributed by atoms with van der Waals surface area (Å²) >= 11 is 0. The lowest BCUT2D eigenvalue weighted by molar-refractivity contribution is -0.158. The third-order valence-electron chi connectivity index (χ3n) is 7.75. The molecule has 0 amide bonds. The van der Waals surface area contributed by atoms with Gasteiger partial charge in [-0.25, -0.2) is 0 Å². The zero-order valence-electron chi connectivity index (χ0n) is 26.5. The van der Waals surface area contributed by atoms with Gasteiger partial charge in [0, 0.05) is 22.3 Å². The van der Waals surface area contributed by atoms with Crippen molar-refractivity contribution < 1.29 is 23.8 Å². The Labute approximate surface area is 259 Å². The van der Waals surface area contributed by atoms with Crippen LogP contribution in [0.25, 0.3) is 21.5 Å². The fourth-order valence-corrected chi connectivity index (χ4v) is 5.33. The largest absolute Gasteiger partial charge is 0.496 e. The summed E-state index contributed by atoms with van der Waals surface area (Å²) in [7, 11) is 1.62. The van der Waals surface area contributed by atoms with Crippen LogP contribution in [-0.4, -0.2) is 19.0 Å². The molecule has 5 aromatic rings. The van der Waals surface area contributed by atoms with Crippen molar-refractivity contribution in [1.82, 2.24) is 0 Å². The third-order valence-corrected chi connectivity index (χ3v) is 7.75.